The minimum atomic E-state index is -4.16. The molecule has 0 bridgehead atoms. The van der Waals surface area contributed by atoms with Crippen molar-refractivity contribution in [2.45, 2.75) is 44.3 Å². The summed E-state index contributed by atoms with van der Waals surface area (Å²) in [5.41, 5.74) is 5.32. The number of carbonyl (C=O) groups is 1. The zero-order valence-corrected chi connectivity index (χ0v) is 8.83. The van der Waals surface area contributed by atoms with Gasteiger partial charge in [0.1, 0.15) is 6.04 Å². The van der Waals surface area contributed by atoms with Gasteiger partial charge in [-0.05, 0) is 25.2 Å². The van der Waals surface area contributed by atoms with Gasteiger partial charge < -0.3 is 10.8 Å². The Labute approximate surface area is 91.8 Å². The molecule has 1 aliphatic carbocycles. The van der Waals surface area contributed by atoms with Crippen molar-refractivity contribution in [3.8, 4) is 0 Å². The Bertz CT molecular complexity index is 255. The molecule has 0 aromatic carbocycles. The van der Waals surface area contributed by atoms with E-state index in [1.165, 1.54) is 0 Å². The molecule has 6 heteroatoms. The smallest absolute Gasteiger partial charge is 0.391 e. The lowest BCUT2D eigenvalue weighted by Crippen LogP contribution is -2.35. The van der Waals surface area contributed by atoms with Crippen molar-refractivity contribution in [3.05, 3.63) is 0 Å². The van der Waals surface area contributed by atoms with Crippen LogP contribution >= 0.6 is 0 Å². The molecule has 0 aromatic rings. The van der Waals surface area contributed by atoms with Crippen molar-refractivity contribution in [1.82, 2.24) is 0 Å². The fourth-order valence-electron chi connectivity index (χ4n) is 2.26. The molecular formula is C10H16F3NO2. The van der Waals surface area contributed by atoms with Gasteiger partial charge in [0.25, 0.3) is 0 Å². The van der Waals surface area contributed by atoms with E-state index in [4.69, 9.17) is 10.8 Å². The number of nitrogens with two attached hydrogens (primary N) is 1. The van der Waals surface area contributed by atoms with Gasteiger partial charge in [-0.2, -0.15) is 13.2 Å². The summed E-state index contributed by atoms with van der Waals surface area (Å²) >= 11 is 0. The van der Waals surface area contributed by atoms with Crippen LogP contribution in [0.4, 0.5) is 13.2 Å². The molecule has 1 fully saturated rings. The van der Waals surface area contributed by atoms with Crippen LogP contribution in [0, 0.1) is 11.8 Å². The summed E-state index contributed by atoms with van der Waals surface area (Å²) in [4.78, 5) is 10.5. The fraction of sp³-hybridized carbons (Fsp3) is 0.900. The van der Waals surface area contributed by atoms with Crippen LogP contribution in [0.3, 0.4) is 0 Å². The van der Waals surface area contributed by atoms with Crippen LogP contribution in [0.2, 0.25) is 0 Å². The standard InChI is InChI=1S/C10H16F3NO2/c11-10(12,13)7-3-1-2-6(4-7)5-8(14)9(15)16/h6-8H,1-5,14H2,(H,15,16)/t6?,7?,8-/m1/s1. The average Bonchev–Trinajstić information content (AvgIpc) is 2.16. The van der Waals surface area contributed by atoms with E-state index in [1.54, 1.807) is 0 Å². The monoisotopic (exact) mass is 239 g/mol. The number of rotatable bonds is 3. The number of carboxylic acids is 1. The van der Waals surface area contributed by atoms with Crippen LogP contribution in [0.1, 0.15) is 32.1 Å². The third kappa shape index (κ3) is 3.66. The lowest BCUT2D eigenvalue weighted by Gasteiger charge is -2.31. The first-order valence-corrected chi connectivity index (χ1v) is 5.35. The van der Waals surface area contributed by atoms with E-state index in [0.29, 0.717) is 12.8 Å². The summed E-state index contributed by atoms with van der Waals surface area (Å²) < 4.78 is 37.4. The third-order valence-electron chi connectivity index (χ3n) is 3.15. The average molecular weight is 239 g/mol. The van der Waals surface area contributed by atoms with Crippen molar-refractivity contribution in [3.63, 3.8) is 0 Å². The molecular weight excluding hydrogens is 223 g/mol. The molecule has 0 amide bonds. The van der Waals surface area contributed by atoms with E-state index < -0.39 is 24.1 Å². The molecule has 0 aromatic heterocycles. The van der Waals surface area contributed by atoms with E-state index in [-0.39, 0.29) is 25.2 Å². The number of alkyl halides is 3. The summed E-state index contributed by atoms with van der Waals surface area (Å²) in [6, 6.07) is -1.04. The molecule has 3 nitrogen and oxygen atoms in total. The highest BCUT2D eigenvalue weighted by molar-refractivity contribution is 5.73. The van der Waals surface area contributed by atoms with Gasteiger partial charge in [-0.15, -0.1) is 0 Å². The van der Waals surface area contributed by atoms with Crippen LogP contribution in [0.15, 0.2) is 0 Å². The molecule has 0 aliphatic heterocycles. The number of aliphatic carboxylic acids is 1. The normalized spacial score (nSPS) is 28.8. The molecule has 94 valence electrons. The van der Waals surface area contributed by atoms with Gasteiger partial charge in [0, 0.05) is 0 Å². The predicted molar refractivity (Wildman–Crippen MR) is 51.7 cm³/mol. The molecule has 2 unspecified atom stereocenters. The van der Waals surface area contributed by atoms with Gasteiger partial charge in [0.2, 0.25) is 0 Å². The maximum Gasteiger partial charge on any atom is 0.391 e. The highest BCUT2D eigenvalue weighted by Gasteiger charge is 2.42. The topological polar surface area (TPSA) is 63.3 Å². The molecule has 1 rings (SSSR count). The summed E-state index contributed by atoms with van der Waals surface area (Å²) in [6.45, 7) is 0. The third-order valence-corrected chi connectivity index (χ3v) is 3.15. The second-order valence-corrected chi connectivity index (χ2v) is 4.45. The molecule has 3 atom stereocenters. The summed E-state index contributed by atoms with van der Waals surface area (Å²) in [7, 11) is 0. The Morgan fingerprint density at radius 2 is 2.06 bits per heavy atom. The molecule has 1 saturated carbocycles. The Hall–Kier alpha value is -0.780. The quantitative estimate of drug-likeness (QED) is 0.793. The van der Waals surface area contributed by atoms with E-state index in [1.807, 2.05) is 0 Å². The van der Waals surface area contributed by atoms with Gasteiger partial charge >= 0.3 is 12.1 Å². The van der Waals surface area contributed by atoms with Crippen LogP contribution < -0.4 is 5.73 Å². The SMILES string of the molecule is N[C@H](CC1CCCC(C(F)(F)F)C1)C(=O)O. The number of halogens is 3. The zero-order valence-electron chi connectivity index (χ0n) is 8.83. The molecule has 0 heterocycles. The van der Waals surface area contributed by atoms with E-state index in [0.717, 1.165) is 0 Å². The highest BCUT2D eigenvalue weighted by atomic mass is 19.4. The number of hydrogen-bond acceptors (Lipinski definition) is 2. The van der Waals surface area contributed by atoms with Gasteiger partial charge in [-0.3, -0.25) is 4.79 Å². The maximum absolute atomic E-state index is 12.5. The fourth-order valence-corrected chi connectivity index (χ4v) is 2.26. The Kier molecular flexibility index (Phi) is 4.18. The lowest BCUT2D eigenvalue weighted by atomic mass is 9.78. The molecule has 16 heavy (non-hydrogen) atoms. The summed E-state index contributed by atoms with van der Waals surface area (Å²) in [5.74, 6) is -2.65. The van der Waals surface area contributed by atoms with Crippen molar-refractivity contribution in [1.29, 1.82) is 0 Å². The lowest BCUT2D eigenvalue weighted by molar-refractivity contribution is -0.186. The summed E-state index contributed by atoms with van der Waals surface area (Å²) in [5, 5.41) is 8.59. The van der Waals surface area contributed by atoms with Crippen molar-refractivity contribution < 1.29 is 23.1 Å². The van der Waals surface area contributed by atoms with Crippen molar-refractivity contribution in [2.24, 2.45) is 17.6 Å². The van der Waals surface area contributed by atoms with Crippen LogP contribution in [0.5, 0.6) is 0 Å². The predicted octanol–water partition coefficient (Wildman–Crippen LogP) is 2.16. The maximum atomic E-state index is 12.5. The van der Waals surface area contributed by atoms with E-state index >= 15 is 0 Å². The molecule has 0 spiro atoms. The second kappa shape index (κ2) is 5.03. The van der Waals surface area contributed by atoms with E-state index in [9.17, 15) is 18.0 Å². The van der Waals surface area contributed by atoms with Gasteiger partial charge in [0.05, 0.1) is 5.92 Å². The second-order valence-electron chi connectivity index (χ2n) is 4.45. The Balaban J connectivity index is 2.48. The van der Waals surface area contributed by atoms with Gasteiger partial charge in [-0.1, -0.05) is 12.8 Å². The van der Waals surface area contributed by atoms with Crippen LogP contribution in [-0.4, -0.2) is 23.3 Å². The van der Waals surface area contributed by atoms with Gasteiger partial charge in [-0.25, -0.2) is 0 Å². The van der Waals surface area contributed by atoms with Crippen molar-refractivity contribution in [2.75, 3.05) is 0 Å². The first kappa shape index (κ1) is 13.3. The largest absolute Gasteiger partial charge is 0.480 e. The molecule has 3 N–H and O–H groups in total. The first-order valence-electron chi connectivity index (χ1n) is 5.35. The number of hydrogen-bond donors (Lipinski definition) is 2. The van der Waals surface area contributed by atoms with Crippen molar-refractivity contribution >= 4 is 5.97 Å². The first-order chi connectivity index (χ1) is 7.30. The number of carboxylic acid groups (broad SMARTS) is 1. The highest BCUT2D eigenvalue weighted by Crippen LogP contribution is 2.41. The van der Waals surface area contributed by atoms with Crippen LogP contribution in [0.25, 0.3) is 0 Å². The molecule has 1 aliphatic rings. The van der Waals surface area contributed by atoms with Gasteiger partial charge in [0.15, 0.2) is 0 Å². The van der Waals surface area contributed by atoms with Crippen LogP contribution in [-0.2, 0) is 4.79 Å². The minimum Gasteiger partial charge on any atom is -0.480 e. The summed E-state index contributed by atoms with van der Waals surface area (Å²) in [6.07, 6.45) is -2.70. The minimum absolute atomic E-state index is 0.0183. The molecule has 0 radical (unpaired) electrons. The molecule has 0 saturated heterocycles. The Morgan fingerprint density at radius 3 is 2.56 bits per heavy atom. The zero-order chi connectivity index (χ0) is 12.3. The van der Waals surface area contributed by atoms with E-state index in [2.05, 4.69) is 0 Å². The Morgan fingerprint density at radius 1 is 1.44 bits per heavy atom.